The second kappa shape index (κ2) is 7.88. The SMILES string of the molecule is C[C@H](NC(=O)[C@@H](C)NS(=O)(=O)c1ccccc1F)c1ccc(F)c(F)c1. The molecule has 2 rings (SSSR count). The first kappa shape index (κ1) is 19.9. The van der Waals surface area contributed by atoms with Crippen LogP contribution in [0.1, 0.15) is 25.5 Å². The molecule has 0 aromatic heterocycles. The summed E-state index contributed by atoms with van der Waals surface area (Å²) in [7, 11) is -4.24. The predicted octanol–water partition coefficient (Wildman–Crippen LogP) is 2.65. The number of amides is 1. The van der Waals surface area contributed by atoms with Crippen molar-refractivity contribution in [2.24, 2.45) is 0 Å². The number of rotatable bonds is 6. The molecule has 0 bridgehead atoms. The fourth-order valence-electron chi connectivity index (χ4n) is 2.22. The third-order valence-corrected chi connectivity index (χ3v) is 5.23. The number of benzene rings is 2. The lowest BCUT2D eigenvalue weighted by molar-refractivity contribution is -0.123. The van der Waals surface area contributed by atoms with Gasteiger partial charge in [0.1, 0.15) is 10.7 Å². The first-order valence-corrected chi connectivity index (χ1v) is 9.12. The Kier molecular flexibility index (Phi) is 6.04. The van der Waals surface area contributed by atoms with Gasteiger partial charge in [-0.25, -0.2) is 21.6 Å². The van der Waals surface area contributed by atoms with Crippen LogP contribution in [0.25, 0.3) is 0 Å². The van der Waals surface area contributed by atoms with Crippen LogP contribution in [0.4, 0.5) is 13.2 Å². The second-order valence-electron chi connectivity index (χ2n) is 5.68. The molecule has 5 nitrogen and oxygen atoms in total. The third kappa shape index (κ3) is 4.61. The molecule has 0 aliphatic rings. The van der Waals surface area contributed by atoms with Gasteiger partial charge in [-0.3, -0.25) is 4.79 Å². The summed E-state index contributed by atoms with van der Waals surface area (Å²) in [5.74, 6) is -3.72. The average molecular weight is 386 g/mol. The van der Waals surface area contributed by atoms with E-state index in [0.717, 1.165) is 24.3 Å². The molecule has 0 aliphatic carbocycles. The zero-order valence-corrected chi connectivity index (χ0v) is 14.8. The van der Waals surface area contributed by atoms with E-state index in [1.165, 1.54) is 32.0 Å². The monoisotopic (exact) mass is 386 g/mol. The van der Waals surface area contributed by atoms with Gasteiger partial charge in [0.25, 0.3) is 0 Å². The van der Waals surface area contributed by atoms with Crippen molar-refractivity contribution in [3.63, 3.8) is 0 Å². The van der Waals surface area contributed by atoms with Gasteiger partial charge in [0.2, 0.25) is 15.9 Å². The van der Waals surface area contributed by atoms with Gasteiger partial charge in [0.05, 0.1) is 12.1 Å². The van der Waals surface area contributed by atoms with E-state index in [2.05, 4.69) is 10.0 Å². The summed E-state index contributed by atoms with van der Waals surface area (Å²) >= 11 is 0. The molecule has 0 heterocycles. The maximum absolute atomic E-state index is 13.7. The summed E-state index contributed by atoms with van der Waals surface area (Å²) in [6.07, 6.45) is 0. The van der Waals surface area contributed by atoms with Crippen LogP contribution < -0.4 is 10.0 Å². The standard InChI is InChI=1S/C17H17F3N2O3S/c1-10(12-7-8-13(18)15(20)9-12)21-17(23)11(2)22-26(24,25)16-6-4-3-5-14(16)19/h3-11,22H,1-2H3,(H,21,23)/t10-,11+/m0/s1. The molecular formula is C17H17F3N2O3S. The first-order chi connectivity index (χ1) is 12.1. The zero-order valence-electron chi connectivity index (χ0n) is 14.0. The zero-order chi connectivity index (χ0) is 19.5. The fraction of sp³-hybridized carbons (Fsp3) is 0.235. The van der Waals surface area contributed by atoms with Crippen molar-refractivity contribution in [3.05, 3.63) is 65.5 Å². The average Bonchev–Trinajstić information content (AvgIpc) is 2.57. The van der Waals surface area contributed by atoms with Crippen LogP contribution in [-0.2, 0) is 14.8 Å². The van der Waals surface area contributed by atoms with Gasteiger partial charge in [0, 0.05) is 0 Å². The maximum Gasteiger partial charge on any atom is 0.244 e. The van der Waals surface area contributed by atoms with Gasteiger partial charge in [-0.2, -0.15) is 4.72 Å². The van der Waals surface area contributed by atoms with Crippen molar-refractivity contribution in [1.29, 1.82) is 0 Å². The van der Waals surface area contributed by atoms with Crippen LogP contribution in [-0.4, -0.2) is 20.4 Å². The van der Waals surface area contributed by atoms with Crippen molar-refractivity contribution in [2.45, 2.75) is 30.8 Å². The van der Waals surface area contributed by atoms with E-state index in [4.69, 9.17) is 0 Å². The van der Waals surface area contributed by atoms with Crippen LogP contribution in [0.15, 0.2) is 47.4 Å². The lowest BCUT2D eigenvalue weighted by atomic mass is 10.1. The number of carbonyl (C=O) groups is 1. The molecule has 0 unspecified atom stereocenters. The van der Waals surface area contributed by atoms with Crippen molar-refractivity contribution in [1.82, 2.24) is 10.0 Å². The molecule has 0 fully saturated rings. The highest BCUT2D eigenvalue weighted by Gasteiger charge is 2.25. The van der Waals surface area contributed by atoms with Gasteiger partial charge in [-0.15, -0.1) is 0 Å². The van der Waals surface area contributed by atoms with E-state index in [1.54, 1.807) is 0 Å². The van der Waals surface area contributed by atoms with Gasteiger partial charge in [-0.1, -0.05) is 18.2 Å². The molecule has 0 aliphatic heterocycles. The van der Waals surface area contributed by atoms with Crippen LogP contribution in [0, 0.1) is 17.5 Å². The van der Waals surface area contributed by atoms with Crippen LogP contribution in [0.3, 0.4) is 0 Å². The summed E-state index contributed by atoms with van der Waals surface area (Å²) in [6, 6.07) is 6.02. The Bertz CT molecular complexity index is 919. The van der Waals surface area contributed by atoms with E-state index in [0.29, 0.717) is 5.56 Å². The van der Waals surface area contributed by atoms with E-state index in [9.17, 15) is 26.4 Å². The molecule has 2 aromatic rings. The Morgan fingerprint density at radius 1 is 0.962 bits per heavy atom. The lowest BCUT2D eigenvalue weighted by Gasteiger charge is -2.19. The Morgan fingerprint density at radius 2 is 1.62 bits per heavy atom. The first-order valence-electron chi connectivity index (χ1n) is 7.64. The highest BCUT2D eigenvalue weighted by Crippen LogP contribution is 2.17. The molecule has 0 spiro atoms. The summed E-state index contributed by atoms with van der Waals surface area (Å²) in [4.78, 5) is 11.6. The number of halogens is 3. The second-order valence-corrected chi connectivity index (χ2v) is 7.36. The highest BCUT2D eigenvalue weighted by atomic mass is 32.2. The van der Waals surface area contributed by atoms with Gasteiger partial charge in [-0.05, 0) is 43.7 Å². The van der Waals surface area contributed by atoms with Gasteiger partial charge >= 0.3 is 0 Å². The number of sulfonamides is 1. The Balaban J connectivity index is 2.07. The molecule has 2 atom stereocenters. The number of hydrogen-bond acceptors (Lipinski definition) is 3. The molecule has 2 N–H and O–H groups in total. The molecule has 0 saturated heterocycles. The highest BCUT2D eigenvalue weighted by molar-refractivity contribution is 7.89. The molecule has 1 amide bonds. The van der Waals surface area contributed by atoms with Crippen LogP contribution >= 0.6 is 0 Å². The Hall–Kier alpha value is -2.39. The number of carbonyl (C=O) groups excluding carboxylic acids is 1. The topological polar surface area (TPSA) is 75.3 Å². The van der Waals surface area contributed by atoms with E-state index in [-0.39, 0.29) is 0 Å². The number of nitrogens with one attached hydrogen (secondary N) is 2. The minimum Gasteiger partial charge on any atom is -0.348 e. The van der Waals surface area contributed by atoms with E-state index in [1.807, 2.05) is 0 Å². The van der Waals surface area contributed by atoms with E-state index >= 15 is 0 Å². The summed E-state index contributed by atoms with van der Waals surface area (Å²) < 4.78 is 66.3. The van der Waals surface area contributed by atoms with Gasteiger partial charge < -0.3 is 5.32 Å². The number of hydrogen-bond donors (Lipinski definition) is 2. The summed E-state index contributed by atoms with van der Waals surface area (Å²) in [6.45, 7) is 2.81. The molecule has 0 radical (unpaired) electrons. The largest absolute Gasteiger partial charge is 0.348 e. The predicted molar refractivity (Wildman–Crippen MR) is 89.1 cm³/mol. The molecular weight excluding hydrogens is 369 g/mol. The summed E-state index contributed by atoms with van der Waals surface area (Å²) in [5.41, 5.74) is 0.307. The van der Waals surface area contributed by atoms with Crippen molar-refractivity contribution in [3.8, 4) is 0 Å². The van der Waals surface area contributed by atoms with Crippen molar-refractivity contribution in [2.75, 3.05) is 0 Å². The Morgan fingerprint density at radius 3 is 2.23 bits per heavy atom. The molecule has 26 heavy (non-hydrogen) atoms. The lowest BCUT2D eigenvalue weighted by Crippen LogP contribution is -2.45. The normalized spacial score (nSPS) is 13.9. The van der Waals surface area contributed by atoms with Crippen LogP contribution in [0.5, 0.6) is 0 Å². The van der Waals surface area contributed by atoms with Crippen molar-refractivity contribution >= 4 is 15.9 Å². The third-order valence-electron chi connectivity index (χ3n) is 3.65. The Labute approximate surface area is 149 Å². The van der Waals surface area contributed by atoms with Gasteiger partial charge in [0.15, 0.2) is 11.6 Å². The molecule has 9 heteroatoms. The summed E-state index contributed by atoms with van der Waals surface area (Å²) in [5, 5.41) is 2.48. The van der Waals surface area contributed by atoms with E-state index < -0.39 is 50.4 Å². The minimum absolute atomic E-state index is 0.307. The molecule has 140 valence electrons. The fourth-order valence-corrected chi connectivity index (χ4v) is 3.50. The smallest absolute Gasteiger partial charge is 0.244 e. The minimum atomic E-state index is -4.24. The molecule has 0 saturated carbocycles. The maximum atomic E-state index is 13.7. The quantitative estimate of drug-likeness (QED) is 0.802. The van der Waals surface area contributed by atoms with Crippen LogP contribution in [0.2, 0.25) is 0 Å². The van der Waals surface area contributed by atoms with Crippen molar-refractivity contribution < 1.29 is 26.4 Å². The molecule has 2 aromatic carbocycles.